The standard InChI is InChI=1S/C16H21ClN2O2/c17-14-6-4-13(5-7-14)8-10-18-16(21)19-11-2-1-3-15(19)9-12-20/h4-8,10,15,20H,1-3,9,11-12H2,(H,18,21)/b10-8+. The van der Waals surface area contributed by atoms with Crippen molar-refractivity contribution in [2.24, 2.45) is 0 Å². The molecule has 1 aliphatic rings. The first kappa shape index (κ1) is 15.9. The molecule has 2 rings (SSSR count). The molecule has 1 unspecified atom stereocenters. The second-order valence-electron chi connectivity index (χ2n) is 5.19. The molecule has 1 atom stereocenters. The molecule has 1 heterocycles. The fraction of sp³-hybridized carbons (Fsp3) is 0.438. The number of halogens is 1. The minimum Gasteiger partial charge on any atom is -0.396 e. The first-order valence-corrected chi connectivity index (χ1v) is 7.68. The molecular formula is C16H21ClN2O2. The van der Waals surface area contributed by atoms with Crippen LogP contribution < -0.4 is 5.32 Å². The quantitative estimate of drug-likeness (QED) is 0.897. The highest BCUT2D eigenvalue weighted by atomic mass is 35.5. The topological polar surface area (TPSA) is 52.6 Å². The number of benzene rings is 1. The zero-order valence-corrected chi connectivity index (χ0v) is 12.7. The molecule has 0 aliphatic carbocycles. The number of carbonyl (C=O) groups is 1. The van der Waals surface area contributed by atoms with Crippen molar-refractivity contribution in [2.75, 3.05) is 13.2 Å². The smallest absolute Gasteiger partial charge is 0.321 e. The summed E-state index contributed by atoms with van der Waals surface area (Å²) in [7, 11) is 0. The van der Waals surface area contributed by atoms with Crippen LogP contribution in [0.3, 0.4) is 0 Å². The molecule has 4 nitrogen and oxygen atoms in total. The van der Waals surface area contributed by atoms with Crippen LogP contribution in [-0.4, -0.2) is 35.2 Å². The van der Waals surface area contributed by atoms with Crippen molar-refractivity contribution in [3.63, 3.8) is 0 Å². The van der Waals surface area contributed by atoms with Gasteiger partial charge in [-0.25, -0.2) is 4.79 Å². The number of aliphatic hydroxyl groups excluding tert-OH is 1. The van der Waals surface area contributed by atoms with Gasteiger partial charge in [-0.05, 0) is 49.5 Å². The Labute approximate surface area is 130 Å². The molecule has 0 bridgehead atoms. The lowest BCUT2D eigenvalue weighted by molar-refractivity contribution is 0.134. The predicted octanol–water partition coefficient (Wildman–Crippen LogP) is 3.26. The SMILES string of the molecule is O=C(N/C=C/c1ccc(Cl)cc1)N1CCCCC1CCO. The summed E-state index contributed by atoms with van der Waals surface area (Å²) in [6, 6.07) is 7.45. The van der Waals surface area contributed by atoms with Crippen molar-refractivity contribution in [3.05, 3.63) is 41.1 Å². The molecule has 1 aromatic carbocycles. The molecule has 0 aromatic heterocycles. The highest BCUT2D eigenvalue weighted by molar-refractivity contribution is 6.30. The van der Waals surface area contributed by atoms with E-state index in [-0.39, 0.29) is 18.7 Å². The lowest BCUT2D eigenvalue weighted by Gasteiger charge is -2.35. The molecule has 2 N–H and O–H groups in total. The molecule has 114 valence electrons. The van der Waals surface area contributed by atoms with Gasteiger partial charge in [0.2, 0.25) is 0 Å². The molecule has 0 radical (unpaired) electrons. The summed E-state index contributed by atoms with van der Waals surface area (Å²) in [5, 5.41) is 12.6. The average Bonchev–Trinajstić information content (AvgIpc) is 2.50. The molecule has 1 saturated heterocycles. The van der Waals surface area contributed by atoms with Crippen LogP contribution in [0.5, 0.6) is 0 Å². The van der Waals surface area contributed by atoms with Crippen molar-refractivity contribution in [1.29, 1.82) is 0 Å². The fourth-order valence-corrected chi connectivity index (χ4v) is 2.71. The van der Waals surface area contributed by atoms with Gasteiger partial charge >= 0.3 is 6.03 Å². The van der Waals surface area contributed by atoms with Gasteiger partial charge in [-0.3, -0.25) is 0 Å². The van der Waals surface area contributed by atoms with Crippen LogP contribution >= 0.6 is 11.6 Å². The van der Waals surface area contributed by atoms with Crippen molar-refractivity contribution < 1.29 is 9.90 Å². The first-order valence-electron chi connectivity index (χ1n) is 7.31. The van der Waals surface area contributed by atoms with Crippen LogP contribution in [0.2, 0.25) is 5.02 Å². The van der Waals surface area contributed by atoms with E-state index in [4.69, 9.17) is 16.7 Å². The van der Waals surface area contributed by atoms with E-state index < -0.39 is 0 Å². The monoisotopic (exact) mass is 308 g/mol. The third-order valence-corrected chi connectivity index (χ3v) is 3.95. The van der Waals surface area contributed by atoms with Gasteiger partial charge in [-0.1, -0.05) is 23.7 Å². The van der Waals surface area contributed by atoms with E-state index in [9.17, 15) is 4.79 Å². The summed E-state index contributed by atoms with van der Waals surface area (Å²) in [4.78, 5) is 14.0. The Kier molecular flexibility index (Phi) is 6.08. The number of nitrogens with one attached hydrogen (secondary N) is 1. The van der Waals surface area contributed by atoms with Crippen molar-refractivity contribution >= 4 is 23.7 Å². The second kappa shape index (κ2) is 8.05. The number of rotatable bonds is 4. The maximum absolute atomic E-state index is 12.2. The zero-order chi connectivity index (χ0) is 15.1. The van der Waals surface area contributed by atoms with E-state index in [1.54, 1.807) is 6.20 Å². The Balaban J connectivity index is 1.89. The maximum Gasteiger partial charge on any atom is 0.321 e. The Morgan fingerprint density at radius 3 is 2.86 bits per heavy atom. The molecule has 2 amide bonds. The normalized spacial score (nSPS) is 19.0. The summed E-state index contributed by atoms with van der Waals surface area (Å²) in [5.74, 6) is 0. The van der Waals surface area contributed by atoms with Crippen LogP contribution in [-0.2, 0) is 0 Å². The summed E-state index contributed by atoms with van der Waals surface area (Å²) >= 11 is 5.82. The largest absolute Gasteiger partial charge is 0.396 e. The Hall–Kier alpha value is -1.52. The number of urea groups is 1. The molecule has 1 fully saturated rings. The van der Waals surface area contributed by atoms with Gasteiger partial charge in [0.25, 0.3) is 0 Å². The number of likely N-dealkylation sites (tertiary alicyclic amines) is 1. The molecule has 1 aromatic rings. The molecule has 21 heavy (non-hydrogen) atoms. The van der Waals surface area contributed by atoms with Crippen LogP contribution in [0.1, 0.15) is 31.2 Å². The van der Waals surface area contributed by atoms with E-state index >= 15 is 0 Å². The van der Waals surface area contributed by atoms with Crippen molar-refractivity contribution in [2.45, 2.75) is 31.7 Å². The van der Waals surface area contributed by atoms with Gasteiger partial charge in [-0.15, -0.1) is 0 Å². The van der Waals surface area contributed by atoms with Crippen molar-refractivity contribution in [3.8, 4) is 0 Å². The Morgan fingerprint density at radius 2 is 2.14 bits per heavy atom. The first-order chi connectivity index (χ1) is 10.2. The van der Waals surface area contributed by atoms with Crippen LogP contribution in [0.4, 0.5) is 4.79 Å². The van der Waals surface area contributed by atoms with E-state index in [0.717, 1.165) is 31.4 Å². The minimum atomic E-state index is -0.0987. The van der Waals surface area contributed by atoms with Gasteiger partial charge in [0, 0.05) is 30.4 Å². The van der Waals surface area contributed by atoms with Gasteiger partial charge in [0.05, 0.1) is 0 Å². The number of carbonyl (C=O) groups excluding carboxylic acids is 1. The van der Waals surface area contributed by atoms with Gasteiger partial charge in [0.1, 0.15) is 0 Å². The minimum absolute atomic E-state index is 0.0987. The molecule has 0 saturated carbocycles. The van der Waals surface area contributed by atoms with E-state index in [1.807, 2.05) is 35.2 Å². The summed E-state index contributed by atoms with van der Waals surface area (Å²) < 4.78 is 0. The molecular weight excluding hydrogens is 288 g/mol. The highest BCUT2D eigenvalue weighted by Gasteiger charge is 2.25. The third kappa shape index (κ3) is 4.76. The molecule has 1 aliphatic heterocycles. The summed E-state index contributed by atoms with van der Waals surface area (Å²) in [5.41, 5.74) is 0.977. The van der Waals surface area contributed by atoms with Crippen LogP contribution in [0.25, 0.3) is 6.08 Å². The Morgan fingerprint density at radius 1 is 1.38 bits per heavy atom. The highest BCUT2D eigenvalue weighted by Crippen LogP contribution is 2.19. The number of aliphatic hydroxyl groups is 1. The van der Waals surface area contributed by atoms with Gasteiger partial charge in [-0.2, -0.15) is 0 Å². The predicted molar refractivity (Wildman–Crippen MR) is 85.1 cm³/mol. The number of hydrogen-bond donors (Lipinski definition) is 2. The van der Waals surface area contributed by atoms with E-state index in [0.29, 0.717) is 11.4 Å². The number of hydrogen-bond acceptors (Lipinski definition) is 2. The lowest BCUT2D eigenvalue weighted by atomic mass is 10.0. The van der Waals surface area contributed by atoms with Crippen molar-refractivity contribution in [1.82, 2.24) is 10.2 Å². The fourth-order valence-electron chi connectivity index (χ4n) is 2.58. The van der Waals surface area contributed by atoms with E-state index in [1.165, 1.54) is 0 Å². The zero-order valence-electron chi connectivity index (χ0n) is 12.0. The Bertz CT molecular complexity index is 486. The summed E-state index contributed by atoms with van der Waals surface area (Å²) in [6.45, 7) is 0.875. The van der Waals surface area contributed by atoms with Crippen LogP contribution in [0, 0.1) is 0 Å². The number of piperidine rings is 1. The lowest BCUT2D eigenvalue weighted by Crippen LogP contribution is -2.47. The van der Waals surface area contributed by atoms with Gasteiger partial charge in [0.15, 0.2) is 0 Å². The number of amides is 2. The second-order valence-corrected chi connectivity index (χ2v) is 5.63. The van der Waals surface area contributed by atoms with Gasteiger partial charge < -0.3 is 15.3 Å². The van der Waals surface area contributed by atoms with Crippen LogP contribution in [0.15, 0.2) is 30.5 Å². The molecule has 5 heteroatoms. The summed E-state index contributed by atoms with van der Waals surface area (Å²) in [6.07, 6.45) is 7.24. The third-order valence-electron chi connectivity index (χ3n) is 3.70. The number of nitrogens with zero attached hydrogens (tertiary/aromatic N) is 1. The average molecular weight is 309 g/mol. The van der Waals surface area contributed by atoms with E-state index in [2.05, 4.69) is 5.32 Å². The maximum atomic E-state index is 12.2. The molecule has 0 spiro atoms.